The minimum atomic E-state index is -0.221. The number of aromatic amines is 1. The number of carbonyl (C=O) groups is 1. The lowest BCUT2D eigenvalue weighted by Crippen LogP contribution is -2.13. The van der Waals surface area contributed by atoms with Gasteiger partial charge in [-0.1, -0.05) is 18.7 Å². The molecule has 3 rings (SSSR count). The van der Waals surface area contributed by atoms with Gasteiger partial charge in [-0.3, -0.25) is 9.59 Å². The highest BCUT2D eigenvalue weighted by Crippen LogP contribution is 2.21. The number of H-pyrrole nitrogens is 1. The number of aryl methyl sites for hydroxylation is 3. The summed E-state index contributed by atoms with van der Waals surface area (Å²) in [5, 5.41) is 0.917. The summed E-state index contributed by atoms with van der Waals surface area (Å²) in [7, 11) is 0. The van der Waals surface area contributed by atoms with Gasteiger partial charge in [-0.25, -0.2) is 9.97 Å². The molecular weight excluding hydrogens is 360 g/mol. The smallest absolute Gasteiger partial charge is 0.261 e. The fraction of sp³-hybridized carbons (Fsp3) is 0.400. The molecular formula is C20H24N4O2S. The second kappa shape index (κ2) is 7.68. The molecule has 0 aliphatic carbocycles. The van der Waals surface area contributed by atoms with E-state index in [1.807, 2.05) is 39.8 Å². The minimum absolute atomic E-state index is 0.0339. The highest BCUT2D eigenvalue weighted by molar-refractivity contribution is 7.99. The van der Waals surface area contributed by atoms with Crippen LogP contribution in [0.1, 0.15) is 46.3 Å². The Morgan fingerprint density at radius 3 is 2.63 bits per heavy atom. The van der Waals surface area contributed by atoms with E-state index in [-0.39, 0.29) is 17.1 Å². The zero-order valence-electron chi connectivity index (χ0n) is 16.3. The molecule has 0 amide bonds. The summed E-state index contributed by atoms with van der Waals surface area (Å²) in [5.74, 6) is 0.252. The lowest BCUT2D eigenvalue weighted by molar-refractivity contribution is 0.102. The molecule has 0 bridgehead atoms. The Kier molecular flexibility index (Phi) is 5.51. The average molecular weight is 385 g/mol. The normalized spacial score (nSPS) is 11.3. The van der Waals surface area contributed by atoms with E-state index in [2.05, 4.69) is 26.4 Å². The van der Waals surface area contributed by atoms with Gasteiger partial charge in [-0.2, -0.15) is 0 Å². The van der Waals surface area contributed by atoms with Crippen LogP contribution < -0.4 is 5.56 Å². The summed E-state index contributed by atoms with van der Waals surface area (Å²) < 4.78 is 2.17. The van der Waals surface area contributed by atoms with Crippen LogP contribution in [-0.4, -0.2) is 31.1 Å². The molecule has 7 heteroatoms. The van der Waals surface area contributed by atoms with Crippen molar-refractivity contribution in [3.63, 3.8) is 0 Å². The van der Waals surface area contributed by atoms with Crippen molar-refractivity contribution in [2.24, 2.45) is 0 Å². The van der Waals surface area contributed by atoms with E-state index >= 15 is 0 Å². The zero-order chi connectivity index (χ0) is 19.7. The van der Waals surface area contributed by atoms with Crippen LogP contribution in [-0.2, 0) is 6.54 Å². The van der Waals surface area contributed by atoms with Crippen LogP contribution in [0.15, 0.2) is 22.1 Å². The lowest BCUT2D eigenvalue weighted by atomic mass is 10.2. The minimum Gasteiger partial charge on any atom is -0.348 e. The maximum Gasteiger partial charge on any atom is 0.261 e. The quantitative estimate of drug-likeness (QED) is 0.398. The first-order valence-corrected chi connectivity index (χ1v) is 10.0. The molecule has 3 aromatic rings. The number of pyridine rings is 1. The van der Waals surface area contributed by atoms with E-state index in [0.29, 0.717) is 16.2 Å². The molecule has 0 aliphatic heterocycles. The predicted octanol–water partition coefficient (Wildman–Crippen LogP) is 3.74. The van der Waals surface area contributed by atoms with Gasteiger partial charge in [0, 0.05) is 29.2 Å². The molecule has 142 valence electrons. The van der Waals surface area contributed by atoms with Gasteiger partial charge in [-0.05, 0) is 51.8 Å². The Balaban J connectivity index is 1.84. The Hall–Kier alpha value is -2.41. The summed E-state index contributed by atoms with van der Waals surface area (Å²) in [6.07, 6.45) is 1.02. The molecule has 3 heterocycles. The van der Waals surface area contributed by atoms with Crippen molar-refractivity contribution in [1.29, 1.82) is 0 Å². The third kappa shape index (κ3) is 3.83. The number of nitrogens with zero attached hydrogens (tertiary/aromatic N) is 3. The van der Waals surface area contributed by atoms with Gasteiger partial charge in [0.2, 0.25) is 0 Å². The second-order valence-electron chi connectivity index (χ2n) is 6.80. The van der Waals surface area contributed by atoms with Crippen LogP contribution in [0.4, 0.5) is 0 Å². The van der Waals surface area contributed by atoms with Crippen molar-refractivity contribution < 1.29 is 4.79 Å². The van der Waals surface area contributed by atoms with Gasteiger partial charge in [0.25, 0.3) is 5.56 Å². The molecule has 0 unspecified atom stereocenters. The van der Waals surface area contributed by atoms with Gasteiger partial charge in [0.15, 0.2) is 16.6 Å². The summed E-state index contributed by atoms with van der Waals surface area (Å²) in [6, 6.07) is 3.81. The lowest BCUT2D eigenvalue weighted by Gasteiger charge is -2.08. The summed E-state index contributed by atoms with van der Waals surface area (Å²) in [4.78, 5) is 36.6. The van der Waals surface area contributed by atoms with Crippen LogP contribution in [0, 0.1) is 27.7 Å². The Labute approximate surface area is 162 Å². The van der Waals surface area contributed by atoms with Gasteiger partial charge < -0.3 is 9.55 Å². The summed E-state index contributed by atoms with van der Waals surface area (Å²) >= 11 is 1.24. The van der Waals surface area contributed by atoms with Crippen LogP contribution >= 0.6 is 11.8 Å². The fourth-order valence-corrected chi connectivity index (χ4v) is 4.13. The average Bonchev–Trinajstić information content (AvgIpc) is 2.87. The van der Waals surface area contributed by atoms with Crippen LogP contribution in [0.3, 0.4) is 0 Å². The van der Waals surface area contributed by atoms with E-state index in [1.165, 1.54) is 11.8 Å². The number of thioether (sulfide) groups is 1. The van der Waals surface area contributed by atoms with Gasteiger partial charge in [0.1, 0.15) is 0 Å². The Bertz CT molecular complexity index is 1080. The van der Waals surface area contributed by atoms with Crippen molar-refractivity contribution in [3.05, 3.63) is 50.7 Å². The van der Waals surface area contributed by atoms with E-state index in [9.17, 15) is 9.59 Å². The number of ketones is 1. The predicted molar refractivity (Wildman–Crippen MR) is 109 cm³/mol. The topological polar surface area (TPSA) is 80.6 Å². The third-order valence-electron chi connectivity index (χ3n) is 4.64. The first kappa shape index (κ1) is 19.4. The summed E-state index contributed by atoms with van der Waals surface area (Å²) in [6.45, 7) is 10.8. The van der Waals surface area contributed by atoms with Crippen molar-refractivity contribution in [1.82, 2.24) is 19.5 Å². The number of aromatic nitrogens is 4. The number of rotatable bonds is 6. The maximum absolute atomic E-state index is 12.7. The molecule has 0 fully saturated rings. The molecule has 0 spiro atoms. The number of hydrogen-bond acceptors (Lipinski definition) is 5. The number of hydrogen-bond donors (Lipinski definition) is 1. The molecule has 0 saturated carbocycles. The molecule has 27 heavy (non-hydrogen) atoms. The van der Waals surface area contributed by atoms with Gasteiger partial charge in [0.05, 0.1) is 11.1 Å². The van der Waals surface area contributed by atoms with Crippen molar-refractivity contribution in [3.8, 4) is 0 Å². The first-order chi connectivity index (χ1) is 12.8. The summed E-state index contributed by atoms with van der Waals surface area (Å²) in [5.41, 5.74) is 4.69. The zero-order valence-corrected chi connectivity index (χ0v) is 17.2. The maximum atomic E-state index is 12.7. The molecule has 0 aliphatic rings. The molecule has 3 aromatic heterocycles. The molecule has 0 aromatic carbocycles. The standard InChI is InChI=1S/C20H24N4O2S/c1-6-7-24-13(4)9-15(14(24)5)16(25)10-27-20-22-18-17(19(26)23-20)11(2)8-12(3)21-18/h8-9H,6-7,10H2,1-5H3,(H,21,22,23,26). The van der Waals surface area contributed by atoms with Gasteiger partial charge in [-0.15, -0.1) is 0 Å². The van der Waals surface area contributed by atoms with E-state index in [1.54, 1.807) is 0 Å². The molecule has 1 N–H and O–H groups in total. The molecule has 0 radical (unpaired) electrons. The van der Waals surface area contributed by atoms with Crippen LogP contribution in [0.5, 0.6) is 0 Å². The number of fused-ring (bicyclic) bond motifs is 1. The van der Waals surface area contributed by atoms with Crippen LogP contribution in [0.2, 0.25) is 0 Å². The Morgan fingerprint density at radius 2 is 1.93 bits per heavy atom. The first-order valence-electron chi connectivity index (χ1n) is 9.02. The number of Topliss-reactive ketones (excluding diaryl/α,β-unsaturated/α-hetero) is 1. The van der Waals surface area contributed by atoms with Crippen LogP contribution in [0.25, 0.3) is 11.0 Å². The highest BCUT2D eigenvalue weighted by atomic mass is 32.2. The monoisotopic (exact) mass is 384 g/mol. The Morgan fingerprint density at radius 1 is 1.19 bits per heavy atom. The highest BCUT2D eigenvalue weighted by Gasteiger charge is 2.17. The van der Waals surface area contributed by atoms with Crippen molar-refractivity contribution >= 4 is 28.6 Å². The number of nitrogens with one attached hydrogen (secondary N) is 1. The van der Waals surface area contributed by atoms with Gasteiger partial charge >= 0.3 is 0 Å². The van der Waals surface area contributed by atoms with Crippen molar-refractivity contribution in [2.45, 2.75) is 52.7 Å². The SMILES string of the molecule is CCCn1c(C)cc(C(=O)CSc2nc3nc(C)cc(C)c3c(=O)[nH]2)c1C. The van der Waals surface area contributed by atoms with E-state index in [4.69, 9.17) is 0 Å². The van der Waals surface area contributed by atoms with Crippen molar-refractivity contribution in [2.75, 3.05) is 5.75 Å². The molecule has 0 saturated heterocycles. The third-order valence-corrected chi connectivity index (χ3v) is 5.52. The fourth-order valence-electron chi connectivity index (χ4n) is 3.39. The number of carbonyl (C=O) groups excluding carboxylic acids is 1. The second-order valence-corrected chi connectivity index (χ2v) is 7.76. The molecule has 6 nitrogen and oxygen atoms in total. The largest absolute Gasteiger partial charge is 0.348 e. The molecule has 0 atom stereocenters. The van der Waals surface area contributed by atoms with E-state index < -0.39 is 0 Å². The van der Waals surface area contributed by atoms with E-state index in [0.717, 1.165) is 41.2 Å².